The van der Waals surface area contributed by atoms with Gasteiger partial charge in [0.1, 0.15) is 5.60 Å². The molecule has 6 nitrogen and oxygen atoms in total. The molecule has 1 atom stereocenters. The van der Waals surface area contributed by atoms with E-state index < -0.39 is 22.5 Å². The van der Waals surface area contributed by atoms with Crippen LogP contribution in [0.3, 0.4) is 0 Å². The van der Waals surface area contributed by atoms with E-state index >= 15 is 0 Å². The minimum atomic E-state index is -4.69. The van der Waals surface area contributed by atoms with Gasteiger partial charge in [-0.1, -0.05) is 11.6 Å². The summed E-state index contributed by atoms with van der Waals surface area (Å²) >= 11 is 5.88. The topological polar surface area (TPSA) is 72.9 Å². The van der Waals surface area contributed by atoms with Crippen LogP contribution in [0.15, 0.2) is 29.3 Å². The van der Waals surface area contributed by atoms with Crippen LogP contribution >= 0.6 is 11.6 Å². The number of rotatable bonds is 4. The summed E-state index contributed by atoms with van der Waals surface area (Å²) in [5.41, 5.74) is -2.36. The molecular weight excluding hydrogens is 421 g/mol. The summed E-state index contributed by atoms with van der Waals surface area (Å²) in [5, 5.41) is 16.1. The fourth-order valence-electron chi connectivity index (χ4n) is 4.22. The zero-order valence-corrected chi connectivity index (χ0v) is 16.7. The Morgan fingerprint density at radius 1 is 1.23 bits per heavy atom. The van der Waals surface area contributed by atoms with Crippen LogP contribution in [0.4, 0.5) is 13.2 Å². The fourth-order valence-corrected chi connectivity index (χ4v) is 4.49. The van der Waals surface area contributed by atoms with E-state index in [0.29, 0.717) is 23.9 Å². The SMILES string of the molecule is Cn1nc2c(=O)n(C3CC3)ccc2c1[C@](O)(c1cnc(C(F)(F)F)c(Cl)c1)C1CC1. The molecule has 158 valence electrons. The average Bonchev–Trinajstić information content (AvgIpc) is 3.57. The maximum atomic E-state index is 13.1. The molecule has 3 aromatic heterocycles. The zero-order chi connectivity index (χ0) is 21.4. The Hall–Kier alpha value is -2.39. The summed E-state index contributed by atoms with van der Waals surface area (Å²) in [6.45, 7) is 0. The van der Waals surface area contributed by atoms with Crippen molar-refractivity contribution < 1.29 is 18.3 Å². The number of alkyl halides is 3. The lowest BCUT2D eigenvalue weighted by Crippen LogP contribution is -2.33. The van der Waals surface area contributed by atoms with Crippen LogP contribution in [0, 0.1) is 5.92 Å². The van der Waals surface area contributed by atoms with Crippen LogP contribution in [-0.2, 0) is 18.8 Å². The number of pyridine rings is 2. The Balaban J connectivity index is 1.71. The van der Waals surface area contributed by atoms with Gasteiger partial charge in [-0.3, -0.25) is 9.48 Å². The van der Waals surface area contributed by atoms with Crippen molar-refractivity contribution >= 4 is 22.5 Å². The number of hydrogen-bond acceptors (Lipinski definition) is 4. The monoisotopic (exact) mass is 438 g/mol. The molecule has 1 N–H and O–H groups in total. The Kier molecular flexibility index (Phi) is 4.11. The van der Waals surface area contributed by atoms with E-state index in [9.17, 15) is 23.1 Å². The molecule has 30 heavy (non-hydrogen) atoms. The van der Waals surface area contributed by atoms with Crippen LogP contribution in [0.2, 0.25) is 5.02 Å². The second-order valence-corrected chi connectivity index (χ2v) is 8.49. The molecule has 0 bridgehead atoms. The molecule has 3 heterocycles. The van der Waals surface area contributed by atoms with Gasteiger partial charge in [-0.15, -0.1) is 0 Å². The summed E-state index contributed by atoms with van der Waals surface area (Å²) in [6, 6.07) is 3.02. The molecule has 5 rings (SSSR count). The quantitative estimate of drug-likeness (QED) is 0.672. The first kappa shape index (κ1) is 19.6. The van der Waals surface area contributed by atoms with Gasteiger partial charge in [-0.05, 0) is 43.7 Å². The molecule has 3 aromatic rings. The normalized spacial score (nSPS) is 19.3. The van der Waals surface area contributed by atoms with E-state index in [-0.39, 0.29) is 28.6 Å². The molecule has 0 aliphatic heterocycles. The summed E-state index contributed by atoms with van der Waals surface area (Å²) in [7, 11) is 1.61. The number of halogens is 4. The highest BCUT2D eigenvalue weighted by Crippen LogP contribution is 2.51. The smallest absolute Gasteiger partial charge is 0.378 e. The highest BCUT2D eigenvalue weighted by Gasteiger charge is 2.50. The molecule has 2 aliphatic carbocycles. The van der Waals surface area contributed by atoms with Gasteiger partial charge in [0.25, 0.3) is 5.56 Å². The van der Waals surface area contributed by atoms with Gasteiger partial charge in [-0.25, -0.2) is 4.98 Å². The van der Waals surface area contributed by atoms with E-state index in [0.717, 1.165) is 25.1 Å². The lowest BCUT2D eigenvalue weighted by molar-refractivity contribution is -0.141. The van der Waals surface area contributed by atoms with Crippen molar-refractivity contribution in [2.75, 3.05) is 0 Å². The minimum absolute atomic E-state index is 0.152. The molecule has 0 saturated heterocycles. The first-order valence-corrected chi connectivity index (χ1v) is 10.0. The van der Waals surface area contributed by atoms with E-state index in [4.69, 9.17) is 11.6 Å². The first-order valence-electron chi connectivity index (χ1n) is 9.66. The Bertz CT molecular complexity index is 1230. The van der Waals surface area contributed by atoms with Gasteiger partial charge >= 0.3 is 6.18 Å². The van der Waals surface area contributed by atoms with Crippen molar-refractivity contribution in [2.24, 2.45) is 13.0 Å². The molecule has 2 fully saturated rings. The standard InChI is InChI=1S/C20H18ClF3N4O2/c1-27-17(13-6-7-28(12-4-5-12)18(29)15(13)26-27)19(30,10-2-3-10)11-8-14(21)16(25-9-11)20(22,23)24/h6-10,12,30H,2-5H2,1H3/t19-/m1/s1. The largest absolute Gasteiger partial charge is 0.434 e. The maximum Gasteiger partial charge on any atom is 0.434 e. The molecule has 0 spiro atoms. The molecule has 0 unspecified atom stereocenters. The molecule has 2 aliphatic rings. The van der Waals surface area contributed by atoms with Crippen LogP contribution in [-0.4, -0.2) is 24.4 Å². The molecule has 2 saturated carbocycles. The van der Waals surface area contributed by atoms with Crippen molar-refractivity contribution in [3.63, 3.8) is 0 Å². The van der Waals surface area contributed by atoms with E-state index in [1.54, 1.807) is 23.9 Å². The van der Waals surface area contributed by atoms with Crippen molar-refractivity contribution in [1.29, 1.82) is 0 Å². The molecule has 0 aromatic carbocycles. The van der Waals surface area contributed by atoms with Gasteiger partial charge in [0.15, 0.2) is 11.2 Å². The summed E-state index contributed by atoms with van der Waals surface area (Å²) in [6.07, 6.45) is 1.25. The molecule has 10 heteroatoms. The number of fused-ring (bicyclic) bond motifs is 1. The van der Waals surface area contributed by atoms with Gasteiger partial charge in [0, 0.05) is 36.4 Å². The van der Waals surface area contributed by atoms with Crippen molar-refractivity contribution in [3.05, 3.63) is 56.9 Å². The number of aliphatic hydroxyl groups is 1. The zero-order valence-electron chi connectivity index (χ0n) is 15.9. The van der Waals surface area contributed by atoms with Crippen LogP contribution in [0.25, 0.3) is 10.9 Å². The third kappa shape index (κ3) is 2.86. The number of hydrogen-bond donors (Lipinski definition) is 1. The van der Waals surface area contributed by atoms with Crippen LogP contribution < -0.4 is 5.56 Å². The Morgan fingerprint density at radius 3 is 2.50 bits per heavy atom. The lowest BCUT2D eigenvalue weighted by Gasteiger charge is -2.29. The predicted molar refractivity (Wildman–Crippen MR) is 103 cm³/mol. The lowest BCUT2D eigenvalue weighted by atomic mass is 9.84. The van der Waals surface area contributed by atoms with E-state index in [1.807, 2.05) is 0 Å². The molecule has 0 amide bonds. The maximum absolute atomic E-state index is 13.1. The van der Waals surface area contributed by atoms with Gasteiger partial charge in [0.05, 0.1) is 10.7 Å². The number of nitrogens with zero attached hydrogens (tertiary/aromatic N) is 4. The van der Waals surface area contributed by atoms with Crippen molar-refractivity contribution in [1.82, 2.24) is 19.3 Å². The van der Waals surface area contributed by atoms with Crippen molar-refractivity contribution in [3.8, 4) is 0 Å². The van der Waals surface area contributed by atoms with Gasteiger partial charge < -0.3 is 9.67 Å². The highest BCUT2D eigenvalue weighted by atomic mass is 35.5. The Labute approximate surface area is 173 Å². The van der Waals surface area contributed by atoms with E-state index in [2.05, 4.69) is 10.1 Å². The minimum Gasteiger partial charge on any atom is -0.378 e. The Morgan fingerprint density at radius 2 is 1.93 bits per heavy atom. The summed E-state index contributed by atoms with van der Waals surface area (Å²) in [5.74, 6) is -0.239. The fraction of sp³-hybridized carbons (Fsp3) is 0.450. The third-order valence-corrected chi connectivity index (χ3v) is 6.23. The number of aromatic nitrogens is 4. The van der Waals surface area contributed by atoms with Crippen LogP contribution in [0.1, 0.15) is 48.7 Å². The predicted octanol–water partition coefficient (Wildman–Crippen LogP) is 3.78. The van der Waals surface area contributed by atoms with Gasteiger partial charge in [0.2, 0.25) is 0 Å². The van der Waals surface area contributed by atoms with Crippen molar-refractivity contribution in [2.45, 2.75) is 43.5 Å². The highest BCUT2D eigenvalue weighted by molar-refractivity contribution is 6.31. The first-order chi connectivity index (χ1) is 14.1. The number of aryl methyl sites for hydroxylation is 1. The second-order valence-electron chi connectivity index (χ2n) is 8.09. The molecule has 0 radical (unpaired) electrons. The van der Waals surface area contributed by atoms with E-state index in [1.165, 1.54) is 4.68 Å². The third-order valence-electron chi connectivity index (χ3n) is 5.94. The second kappa shape index (κ2) is 6.31. The average molecular weight is 439 g/mol. The summed E-state index contributed by atoms with van der Waals surface area (Å²) in [4.78, 5) is 16.4. The summed E-state index contributed by atoms with van der Waals surface area (Å²) < 4.78 is 42.3. The van der Waals surface area contributed by atoms with Crippen LogP contribution in [0.5, 0.6) is 0 Å². The van der Waals surface area contributed by atoms with Gasteiger partial charge in [-0.2, -0.15) is 18.3 Å². The molecular formula is C20H18ClF3N4O2.